The first-order valence-electron chi connectivity index (χ1n) is 8.75. The van der Waals surface area contributed by atoms with Crippen LogP contribution in [-0.2, 0) is 16.1 Å². The Morgan fingerprint density at radius 2 is 1.97 bits per heavy atom. The second-order valence-corrected chi connectivity index (χ2v) is 6.34. The monoisotopic (exact) mass is 395 g/mol. The standard InChI is InChI=1S/C21H18FN3O4/c1-14-20(15(2)24(23-14)18-8-6-17(22)7-9-18)10-11-21(26)29-13-16-4-3-5-19(12-16)25(27)28/h3-12H,13H2,1-2H3/b11-10+. The van der Waals surface area contributed by atoms with E-state index in [2.05, 4.69) is 5.10 Å². The predicted octanol–water partition coefficient (Wildman–Crippen LogP) is 4.29. The summed E-state index contributed by atoms with van der Waals surface area (Å²) >= 11 is 0. The maximum absolute atomic E-state index is 13.1. The summed E-state index contributed by atoms with van der Waals surface area (Å²) in [6, 6.07) is 11.9. The summed E-state index contributed by atoms with van der Waals surface area (Å²) in [5.74, 6) is -0.910. The highest BCUT2D eigenvalue weighted by molar-refractivity contribution is 5.87. The van der Waals surface area contributed by atoms with Crippen molar-refractivity contribution in [1.29, 1.82) is 0 Å². The number of benzene rings is 2. The number of ether oxygens (including phenoxy) is 1. The first kappa shape index (κ1) is 19.9. The van der Waals surface area contributed by atoms with Gasteiger partial charge in [0.25, 0.3) is 5.69 Å². The van der Waals surface area contributed by atoms with Gasteiger partial charge in [-0.05, 0) is 49.8 Å². The van der Waals surface area contributed by atoms with Crippen LogP contribution >= 0.6 is 0 Å². The summed E-state index contributed by atoms with van der Waals surface area (Å²) in [5.41, 5.74) is 3.42. The summed E-state index contributed by atoms with van der Waals surface area (Å²) in [5, 5.41) is 15.2. The average molecular weight is 395 g/mol. The van der Waals surface area contributed by atoms with Crippen LogP contribution in [-0.4, -0.2) is 20.7 Å². The van der Waals surface area contributed by atoms with Gasteiger partial charge in [0.1, 0.15) is 12.4 Å². The molecule has 8 heteroatoms. The molecule has 0 amide bonds. The van der Waals surface area contributed by atoms with Crippen molar-refractivity contribution >= 4 is 17.7 Å². The molecule has 0 radical (unpaired) electrons. The zero-order valence-corrected chi connectivity index (χ0v) is 15.8. The minimum atomic E-state index is -0.579. The Labute approximate surface area is 166 Å². The number of non-ortho nitro benzene ring substituents is 1. The van der Waals surface area contributed by atoms with Crippen LogP contribution < -0.4 is 0 Å². The highest BCUT2D eigenvalue weighted by Crippen LogP contribution is 2.20. The van der Waals surface area contributed by atoms with E-state index in [1.165, 1.54) is 36.4 Å². The molecule has 0 saturated carbocycles. The molecule has 2 aromatic carbocycles. The number of hydrogen-bond acceptors (Lipinski definition) is 5. The van der Waals surface area contributed by atoms with E-state index in [1.807, 2.05) is 6.92 Å². The van der Waals surface area contributed by atoms with Gasteiger partial charge >= 0.3 is 5.97 Å². The Hall–Kier alpha value is -3.81. The first-order chi connectivity index (χ1) is 13.8. The number of nitro benzene ring substituents is 1. The van der Waals surface area contributed by atoms with Gasteiger partial charge in [0.15, 0.2) is 0 Å². The van der Waals surface area contributed by atoms with Crippen LogP contribution in [0.15, 0.2) is 54.6 Å². The number of nitro groups is 1. The summed E-state index contributed by atoms with van der Waals surface area (Å²) in [7, 11) is 0. The normalized spacial score (nSPS) is 11.0. The number of nitrogens with zero attached hydrogens (tertiary/aromatic N) is 3. The summed E-state index contributed by atoms with van der Waals surface area (Å²) in [6.07, 6.45) is 2.89. The van der Waals surface area contributed by atoms with Gasteiger partial charge in [0.2, 0.25) is 0 Å². The molecule has 0 unspecified atom stereocenters. The van der Waals surface area contributed by atoms with E-state index in [0.29, 0.717) is 16.9 Å². The number of hydrogen-bond donors (Lipinski definition) is 0. The van der Waals surface area contributed by atoms with Crippen molar-refractivity contribution in [1.82, 2.24) is 9.78 Å². The molecule has 0 saturated heterocycles. The summed E-state index contributed by atoms with van der Waals surface area (Å²) < 4.78 is 19.9. The van der Waals surface area contributed by atoms with Crippen LogP contribution in [0.25, 0.3) is 11.8 Å². The molecular formula is C21H18FN3O4. The first-order valence-corrected chi connectivity index (χ1v) is 8.75. The Morgan fingerprint density at radius 3 is 2.66 bits per heavy atom. The van der Waals surface area contributed by atoms with Crippen molar-refractivity contribution in [2.24, 2.45) is 0 Å². The van der Waals surface area contributed by atoms with E-state index in [0.717, 1.165) is 11.3 Å². The van der Waals surface area contributed by atoms with Gasteiger partial charge in [-0.3, -0.25) is 10.1 Å². The van der Waals surface area contributed by atoms with Crippen molar-refractivity contribution in [2.75, 3.05) is 0 Å². The molecule has 3 rings (SSSR count). The van der Waals surface area contributed by atoms with Crippen LogP contribution in [0.5, 0.6) is 0 Å². The lowest BCUT2D eigenvalue weighted by Crippen LogP contribution is -2.01. The molecule has 0 aliphatic carbocycles. The lowest BCUT2D eigenvalue weighted by molar-refractivity contribution is -0.384. The third kappa shape index (κ3) is 4.73. The SMILES string of the molecule is Cc1nn(-c2ccc(F)cc2)c(C)c1/C=C/C(=O)OCc1cccc([N+](=O)[O-])c1. The highest BCUT2D eigenvalue weighted by atomic mass is 19.1. The van der Waals surface area contributed by atoms with Gasteiger partial charge in [-0.2, -0.15) is 5.10 Å². The molecular weight excluding hydrogens is 377 g/mol. The number of rotatable bonds is 6. The van der Waals surface area contributed by atoms with Crippen LogP contribution in [0.2, 0.25) is 0 Å². The molecule has 1 aromatic heterocycles. The maximum Gasteiger partial charge on any atom is 0.331 e. The zero-order valence-electron chi connectivity index (χ0n) is 15.8. The van der Waals surface area contributed by atoms with E-state index >= 15 is 0 Å². The van der Waals surface area contributed by atoms with Gasteiger partial charge in [0, 0.05) is 29.5 Å². The van der Waals surface area contributed by atoms with Crippen molar-refractivity contribution in [3.8, 4) is 5.69 Å². The second-order valence-electron chi connectivity index (χ2n) is 6.34. The van der Waals surface area contributed by atoms with Gasteiger partial charge in [0.05, 0.1) is 16.3 Å². The third-order valence-corrected chi connectivity index (χ3v) is 4.31. The average Bonchev–Trinajstić information content (AvgIpc) is 2.99. The maximum atomic E-state index is 13.1. The Bertz CT molecular complexity index is 1090. The molecule has 148 valence electrons. The number of esters is 1. The molecule has 0 bridgehead atoms. The zero-order chi connectivity index (χ0) is 21.0. The quantitative estimate of drug-likeness (QED) is 0.269. The summed E-state index contributed by atoms with van der Waals surface area (Å²) in [4.78, 5) is 22.3. The number of carbonyl (C=O) groups is 1. The third-order valence-electron chi connectivity index (χ3n) is 4.31. The van der Waals surface area contributed by atoms with Crippen LogP contribution in [0.4, 0.5) is 10.1 Å². The van der Waals surface area contributed by atoms with Gasteiger partial charge in [-0.15, -0.1) is 0 Å². The molecule has 0 spiro atoms. The van der Waals surface area contributed by atoms with E-state index < -0.39 is 10.9 Å². The largest absolute Gasteiger partial charge is 0.458 e. The lowest BCUT2D eigenvalue weighted by Gasteiger charge is -2.04. The van der Waals surface area contributed by atoms with Gasteiger partial charge in [-0.1, -0.05) is 12.1 Å². The van der Waals surface area contributed by atoms with Crippen molar-refractivity contribution < 1.29 is 18.8 Å². The van der Waals surface area contributed by atoms with Crippen molar-refractivity contribution in [2.45, 2.75) is 20.5 Å². The van der Waals surface area contributed by atoms with Crippen molar-refractivity contribution in [3.63, 3.8) is 0 Å². The second kappa shape index (κ2) is 8.47. The Balaban J connectivity index is 1.69. The smallest absolute Gasteiger partial charge is 0.331 e. The van der Waals surface area contributed by atoms with E-state index in [9.17, 15) is 19.3 Å². The molecule has 0 aliphatic rings. The number of aromatic nitrogens is 2. The van der Waals surface area contributed by atoms with E-state index in [1.54, 1.807) is 35.9 Å². The van der Waals surface area contributed by atoms with Crippen LogP contribution in [0, 0.1) is 29.8 Å². The minimum absolute atomic E-state index is 0.0615. The number of halogens is 1. The minimum Gasteiger partial charge on any atom is -0.458 e. The molecule has 29 heavy (non-hydrogen) atoms. The number of carbonyl (C=O) groups excluding carboxylic acids is 1. The molecule has 0 aliphatic heterocycles. The Morgan fingerprint density at radius 1 is 1.24 bits per heavy atom. The molecule has 0 fully saturated rings. The number of aryl methyl sites for hydroxylation is 1. The topological polar surface area (TPSA) is 87.3 Å². The fourth-order valence-corrected chi connectivity index (χ4v) is 2.84. The van der Waals surface area contributed by atoms with E-state index in [-0.39, 0.29) is 18.1 Å². The summed E-state index contributed by atoms with van der Waals surface area (Å²) in [6.45, 7) is 3.58. The fourth-order valence-electron chi connectivity index (χ4n) is 2.84. The van der Waals surface area contributed by atoms with Gasteiger partial charge in [-0.25, -0.2) is 13.9 Å². The van der Waals surface area contributed by atoms with Crippen molar-refractivity contribution in [3.05, 3.63) is 93.1 Å². The Kier molecular flexibility index (Phi) is 5.82. The molecule has 7 nitrogen and oxygen atoms in total. The molecule has 3 aromatic rings. The molecule has 0 atom stereocenters. The van der Waals surface area contributed by atoms with E-state index in [4.69, 9.17) is 4.74 Å². The highest BCUT2D eigenvalue weighted by Gasteiger charge is 2.12. The lowest BCUT2D eigenvalue weighted by atomic mass is 10.2. The fraction of sp³-hybridized carbons (Fsp3) is 0.143. The predicted molar refractivity (Wildman–Crippen MR) is 105 cm³/mol. The molecule has 1 heterocycles. The van der Waals surface area contributed by atoms with Crippen LogP contribution in [0.1, 0.15) is 22.5 Å². The van der Waals surface area contributed by atoms with Gasteiger partial charge < -0.3 is 4.74 Å². The van der Waals surface area contributed by atoms with Crippen LogP contribution in [0.3, 0.4) is 0 Å². The molecule has 0 N–H and O–H groups in total.